The first-order valence-electron chi connectivity index (χ1n) is 2.86. The molecule has 1 aromatic rings. The molecule has 0 atom stereocenters. The third-order valence-electron chi connectivity index (χ3n) is 1.28. The van der Waals surface area contributed by atoms with Crippen molar-refractivity contribution in [2.24, 2.45) is 5.16 Å². The highest BCUT2D eigenvalue weighted by molar-refractivity contribution is 5.81. The molecule has 0 aromatic carbocycles. The van der Waals surface area contributed by atoms with Gasteiger partial charge in [-0.05, 0) is 13.8 Å². The van der Waals surface area contributed by atoms with E-state index in [0.717, 1.165) is 11.3 Å². The maximum absolute atomic E-state index is 8.19. The van der Waals surface area contributed by atoms with E-state index in [1.807, 2.05) is 0 Å². The Hall–Kier alpha value is -1.32. The third kappa shape index (κ3) is 1.00. The lowest BCUT2D eigenvalue weighted by molar-refractivity contribution is 0.321. The van der Waals surface area contributed by atoms with E-state index < -0.39 is 0 Å². The number of hydrogen-bond donors (Lipinski definition) is 1. The predicted octanol–water partition coefficient (Wildman–Crippen LogP) is 1.10. The molecule has 0 aliphatic carbocycles. The SMILES string of the molecule is Cc1noc(C)c1C=NO. The Kier molecular flexibility index (Phi) is 1.71. The molecule has 0 bridgehead atoms. The van der Waals surface area contributed by atoms with E-state index in [9.17, 15) is 0 Å². The van der Waals surface area contributed by atoms with Gasteiger partial charge in [0, 0.05) is 0 Å². The van der Waals surface area contributed by atoms with Crippen molar-refractivity contribution in [3.8, 4) is 0 Å². The molecule has 0 saturated carbocycles. The summed E-state index contributed by atoms with van der Waals surface area (Å²) in [5.41, 5.74) is 1.47. The van der Waals surface area contributed by atoms with Crippen LogP contribution in [0.5, 0.6) is 0 Å². The second kappa shape index (κ2) is 2.51. The van der Waals surface area contributed by atoms with Crippen LogP contribution >= 0.6 is 0 Å². The Balaban J connectivity index is 3.10. The number of aryl methyl sites for hydroxylation is 2. The topological polar surface area (TPSA) is 58.6 Å². The molecule has 1 rings (SSSR count). The number of aromatic nitrogens is 1. The lowest BCUT2D eigenvalue weighted by atomic mass is 10.2. The molecule has 0 saturated heterocycles. The van der Waals surface area contributed by atoms with E-state index in [4.69, 9.17) is 9.73 Å². The highest BCUT2D eigenvalue weighted by Gasteiger charge is 2.04. The molecule has 0 spiro atoms. The molecule has 0 amide bonds. The fraction of sp³-hybridized carbons (Fsp3) is 0.333. The van der Waals surface area contributed by atoms with E-state index in [-0.39, 0.29) is 0 Å². The van der Waals surface area contributed by atoms with E-state index >= 15 is 0 Å². The van der Waals surface area contributed by atoms with Crippen LogP contribution in [0.1, 0.15) is 17.0 Å². The molecular weight excluding hydrogens is 132 g/mol. The van der Waals surface area contributed by atoms with Crippen molar-refractivity contribution < 1.29 is 9.73 Å². The maximum atomic E-state index is 8.19. The summed E-state index contributed by atoms with van der Waals surface area (Å²) in [6, 6.07) is 0. The Bertz CT molecular complexity index is 233. The Morgan fingerprint density at radius 3 is 2.70 bits per heavy atom. The van der Waals surface area contributed by atoms with Crippen LogP contribution in [0.25, 0.3) is 0 Å². The van der Waals surface area contributed by atoms with Crippen molar-refractivity contribution in [1.29, 1.82) is 0 Å². The minimum atomic E-state index is 0.662. The van der Waals surface area contributed by atoms with Crippen LogP contribution < -0.4 is 0 Å². The van der Waals surface area contributed by atoms with Crippen LogP contribution in [0, 0.1) is 13.8 Å². The second-order valence-corrected chi connectivity index (χ2v) is 1.98. The summed E-state index contributed by atoms with van der Waals surface area (Å²) in [5.74, 6) is 0.662. The van der Waals surface area contributed by atoms with Gasteiger partial charge in [0.15, 0.2) is 0 Å². The first-order chi connectivity index (χ1) is 4.75. The molecule has 4 heteroatoms. The number of hydrogen-bond acceptors (Lipinski definition) is 4. The van der Waals surface area contributed by atoms with Crippen molar-refractivity contribution in [3.63, 3.8) is 0 Å². The van der Waals surface area contributed by atoms with Gasteiger partial charge in [0.25, 0.3) is 0 Å². The average molecular weight is 140 g/mol. The monoisotopic (exact) mass is 140 g/mol. The lowest BCUT2D eigenvalue weighted by Gasteiger charge is -1.83. The molecule has 0 fully saturated rings. The molecular formula is C6H8N2O2. The Labute approximate surface area is 58.1 Å². The standard InChI is InChI=1S/C6H8N2O2/c1-4-6(3-7-9)5(2)10-8-4/h3,9H,1-2H3. The van der Waals surface area contributed by atoms with Gasteiger partial charge in [-0.2, -0.15) is 0 Å². The van der Waals surface area contributed by atoms with Gasteiger partial charge < -0.3 is 9.73 Å². The van der Waals surface area contributed by atoms with Gasteiger partial charge >= 0.3 is 0 Å². The summed E-state index contributed by atoms with van der Waals surface area (Å²) < 4.78 is 4.80. The quantitative estimate of drug-likeness (QED) is 0.361. The molecule has 1 aromatic heterocycles. The van der Waals surface area contributed by atoms with Gasteiger partial charge in [-0.3, -0.25) is 0 Å². The zero-order chi connectivity index (χ0) is 7.56. The predicted molar refractivity (Wildman–Crippen MR) is 35.4 cm³/mol. The summed E-state index contributed by atoms with van der Waals surface area (Å²) >= 11 is 0. The smallest absolute Gasteiger partial charge is 0.142 e. The van der Waals surface area contributed by atoms with Gasteiger partial charge in [0.1, 0.15) is 5.76 Å². The molecule has 4 nitrogen and oxygen atoms in total. The van der Waals surface area contributed by atoms with Gasteiger partial charge in [-0.1, -0.05) is 10.3 Å². The first-order valence-corrected chi connectivity index (χ1v) is 2.86. The van der Waals surface area contributed by atoms with E-state index in [2.05, 4.69) is 10.3 Å². The van der Waals surface area contributed by atoms with Crippen molar-refractivity contribution in [1.82, 2.24) is 5.16 Å². The summed E-state index contributed by atoms with van der Waals surface area (Å²) in [6.45, 7) is 3.55. The normalized spacial score (nSPS) is 11.0. The van der Waals surface area contributed by atoms with Gasteiger partial charge in [0.05, 0.1) is 17.5 Å². The van der Waals surface area contributed by atoms with Gasteiger partial charge in [-0.15, -0.1) is 0 Å². The minimum Gasteiger partial charge on any atom is -0.411 e. The number of nitrogens with zero attached hydrogens (tertiary/aromatic N) is 2. The van der Waals surface area contributed by atoms with Crippen LogP contribution in [-0.4, -0.2) is 16.6 Å². The molecule has 0 unspecified atom stereocenters. The summed E-state index contributed by atoms with van der Waals surface area (Å²) in [5, 5.41) is 14.7. The Morgan fingerprint density at radius 2 is 2.30 bits per heavy atom. The fourth-order valence-electron chi connectivity index (χ4n) is 0.732. The second-order valence-electron chi connectivity index (χ2n) is 1.98. The summed E-state index contributed by atoms with van der Waals surface area (Å²) in [6.07, 6.45) is 1.31. The van der Waals surface area contributed by atoms with Crippen LogP contribution in [0.2, 0.25) is 0 Å². The van der Waals surface area contributed by atoms with Gasteiger partial charge in [0.2, 0.25) is 0 Å². The molecule has 0 aliphatic rings. The molecule has 10 heavy (non-hydrogen) atoms. The molecule has 1 N–H and O–H groups in total. The van der Waals surface area contributed by atoms with Crippen LogP contribution in [0.3, 0.4) is 0 Å². The molecule has 0 radical (unpaired) electrons. The van der Waals surface area contributed by atoms with Crippen molar-refractivity contribution in [3.05, 3.63) is 17.0 Å². The highest BCUT2D eigenvalue weighted by atomic mass is 16.5. The first kappa shape index (κ1) is 6.80. The van der Waals surface area contributed by atoms with E-state index in [1.54, 1.807) is 13.8 Å². The fourth-order valence-corrected chi connectivity index (χ4v) is 0.732. The average Bonchev–Trinajstić information content (AvgIpc) is 2.20. The largest absolute Gasteiger partial charge is 0.411 e. The van der Waals surface area contributed by atoms with E-state index in [0.29, 0.717) is 5.76 Å². The molecule has 54 valence electrons. The number of oxime groups is 1. The van der Waals surface area contributed by atoms with Crippen LogP contribution in [0.15, 0.2) is 9.68 Å². The number of rotatable bonds is 1. The third-order valence-corrected chi connectivity index (χ3v) is 1.28. The maximum Gasteiger partial charge on any atom is 0.142 e. The minimum absolute atomic E-state index is 0.662. The molecule has 1 heterocycles. The zero-order valence-electron chi connectivity index (χ0n) is 5.83. The highest BCUT2D eigenvalue weighted by Crippen LogP contribution is 2.08. The van der Waals surface area contributed by atoms with Crippen molar-refractivity contribution in [2.75, 3.05) is 0 Å². The van der Waals surface area contributed by atoms with E-state index in [1.165, 1.54) is 6.21 Å². The molecule has 0 aliphatic heterocycles. The lowest BCUT2D eigenvalue weighted by Crippen LogP contribution is -1.83. The van der Waals surface area contributed by atoms with Crippen molar-refractivity contribution in [2.45, 2.75) is 13.8 Å². The van der Waals surface area contributed by atoms with Crippen molar-refractivity contribution >= 4 is 6.21 Å². The van der Waals surface area contributed by atoms with Crippen LogP contribution in [0.4, 0.5) is 0 Å². The van der Waals surface area contributed by atoms with Gasteiger partial charge in [-0.25, -0.2) is 0 Å². The summed E-state index contributed by atoms with van der Waals surface area (Å²) in [7, 11) is 0. The summed E-state index contributed by atoms with van der Waals surface area (Å²) in [4.78, 5) is 0. The Morgan fingerprint density at radius 1 is 1.60 bits per heavy atom. The van der Waals surface area contributed by atoms with Crippen LogP contribution in [-0.2, 0) is 0 Å². The zero-order valence-corrected chi connectivity index (χ0v) is 5.83.